The largest absolute Gasteiger partial charge is 0.207 e. The predicted molar refractivity (Wildman–Crippen MR) is 175 cm³/mol. The molecule has 0 bridgehead atoms. The molecule has 0 aliphatic heterocycles. The van der Waals surface area contributed by atoms with Crippen LogP contribution in [0.3, 0.4) is 0 Å². The molecule has 0 saturated carbocycles. The summed E-state index contributed by atoms with van der Waals surface area (Å²) in [6, 6.07) is 16.2. The van der Waals surface area contributed by atoms with Gasteiger partial charge >= 0.3 is 0 Å². The fourth-order valence-electron chi connectivity index (χ4n) is 3.46. The molecule has 0 aliphatic carbocycles. The smallest absolute Gasteiger partial charge is 0.174 e. The van der Waals surface area contributed by atoms with E-state index in [-0.39, 0.29) is 16.7 Å². The third-order valence-electron chi connectivity index (χ3n) is 5.84. The Bertz CT molecular complexity index is 1840. The van der Waals surface area contributed by atoms with Crippen LogP contribution in [0.5, 0.6) is 0 Å². The molecule has 6 heteroatoms. The lowest BCUT2D eigenvalue weighted by atomic mass is 10.1. The number of benzene rings is 4. The average molecular weight is 629 g/mol. The first kappa shape index (κ1) is 38.7. The van der Waals surface area contributed by atoms with Crippen molar-refractivity contribution in [3.05, 3.63) is 140 Å². The first-order valence-corrected chi connectivity index (χ1v) is 13.9. The van der Waals surface area contributed by atoms with Crippen molar-refractivity contribution in [3.63, 3.8) is 0 Å². The van der Waals surface area contributed by atoms with E-state index >= 15 is 0 Å². The highest BCUT2D eigenvalue weighted by molar-refractivity contribution is 5.40. The van der Waals surface area contributed by atoms with Gasteiger partial charge in [-0.05, 0) is 109 Å². The van der Waals surface area contributed by atoms with Crippen molar-refractivity contribution in [1.82, 2.24) is 0 Å². The van der Waals surface area contributed by atoms with Gasteiger partial charge in [-0.25, -0.2) is 26.3 Å². The molecule has 0 unspecified atom stereocenters. The van der Waals surface area contributed by atoms with Crippen LogP contribution in [0.25, 0.3) is 0 Å². The van der Waals surface area contributed by atoms with Crippen molar-refractivity contribution in [3.8, 4) is 47.4 Å². The SMILES string of the molecule is CC#Cc1c(F)cc(C)cc1F.CC#Cc1cc(F)c(C)c(F)c1.CC#Cc1ccc(C)c(F)c1F.CC#Cc1ccc(C)cc1. The van der Waals surface area contributed by atoms with E-state index in [2.05, 4.69) is 66.4 Å². The third-order valence-corrected chi connectivity index (χ3v) is 5.84. The van der Waals surface area contributed by atoms with Gasteiger partial charge < -0.3 is 0 Å². The van der Waals surface area contributed by atoms with E-state index in [9.17, 15) is 26.3 Å². The fourth-order valence-corrected chi connectivity index (χ4v) is 3.46. The summed E-state index contributed by atoms with van der Waals surface area (Å²) in [5.74, 6) is 16.9. The molecule has 0 atom stereocenters. The molecule has 0 aromatic heterocycles. The average Bonchev–Trinajstić information content (AvgIpc) is 3.00. The molecule has 0 fully saturated rings. The molecule has 0 N–H and O–H groups in total. The van der Waals surface area contributed by atoms with Gasteiger partial charge in [0.25, 0.3) is 0 Å². The first-order valence-electron chi connectivity index (χ1n) is 13.9. The fraction of sp³-hybridized carbons (Fsp3) is 0.200. The maximum absolute atomic E-state index is 13.0. The Morgan fingerprint density at radius 1 is 0.435 bits per heavy atom. The maximum Gasteiger partial charge on any atom is 0.174 e. The second-order valence-electron chi connectivity index (χ2n) is 9.59. The summed E-state index contributed by atoms with van der Waals surface area (Å²) in [7, 11) is 0. The van der Waals surface area contributed by atoms with E-state index in [1.165, 1.54) is 55.8 Å². The Morgan fingerprint density at radius 2 is 0.913 bits per heavy atom. The van der Waals surface area contributed by atoms with Crippen molar-refractivity contribution in [2.24, 2.45) is 0 Å². The van der Waals surface area contributed by atoms with Gasteiger partial charge in [0.05, 0.1) is 11.1 Å². The standard InChI is InChI=1S/3C10H8F2.C10H10/c1-3-4-8-5-9(11)7(2)10(12)6-8;1-3-4-8-9(11)5-7(2)6-10(8)12;1-3-4-8-6-5-7(2)9(11)10(8)12;1-3-4-10-7-5-9(2)6-8-10/h3*5-6H,1-2H3;5-8H,1-2H3. The predicted octanol–water partition coefficient (Wildman–Crippen LogP) is 10.3. The van der Waals surface area contributed by atoms with Crippen molar-refractivity contribution in [2.45, 2.75) is 55.4 Å². The van der Waals surface area contributed by atoms with Crippen LogP contribution in [0, 0.1) is 110 Å². The van der Waals surface area contributed by atoms with E-state index in [1.54, 1.807) is 27.7 Å². The van der Waals surface area contributed by atoms with Crippen molar-refractivity contribution >= 4 is 0 Å². The minimum Gasteiger partial charge on any atom is -0.207 e. The summed E-state index contributed by atoms with van der Waals surface area (Å²) in [5, 5.41) is 0. The van der Waals surface area contributed by atoms with Crippen molar-refractivity contribution in [1.29, 1.82) is 0 Å². The zero-order valence-electron chi connectivity index (χ0n) is 27.0. The number of rotatable bonds is 0. The van der Waals surface area contributed by atoms with Gasteiger partial charge in [0.2, 0.25) is 0 Å². The number of hydrogen-bond donors (Lipinski definition) is 0. The summed E-state index contributed by atoms with van der Waals surface area (Å²) >= 11 is 0. The maximum atomic E-state index is 13.0. The second kappa shape index (κ2) is 19.9. The minimum atomic E-state index is -0.857. The van der Waals surface area contributed by atoms with Crippen LogP contribution in [0.4, 0.5) is 26.3 Å². The Morgan fingerprint density at radius 3 is 1.39 bits per heavy atom. The Labute approximate surface area is 268 Å². The first-order chi connectivity index (χ1) is 21.8. The Balaban J connectivity index is 0.000000307. The van der Waals surface area contributed by atoms with Crippen LogP contribution in [0.2, 0.25) is 0 Å². The number of halogens is 6. The summed E-state index contributed by atoms with van der Waals surface area (Å²) < 4.78 is 77.5. The van der Waals surface area contributed by atoms with E-state index < -0.39 is 34.9 Å². The van der Waals surface area contributed by atoms with Crippen molar-refractivity contribution < 1.29 is 26.3 Å². The van der Waals surface area contributed by atoms with Crippen LogP contribution in [-0.4, -0.2) is 0 Å². The molecule has 0 radical (unpaired) electrons. The van der Waals surface area contributed by atoms with E-state index in [0.29, 0.717) is 16.7 Å². The highest BCUT2D eigenvalue weighted by Gasteiger charge is 2.08. The molecular formula is C40H34F6. The van der Waals surface area contributed by atoms with Crippen LogP contribution in [0.15, 0.2) is 60.7 Å². The molecular weight excluding hydrogens is 594 g/mol. The zero-order valence-corrected chi connectivity index (χ0v) is 27.0. The number of aryl methyl sites for hydroxylation is 3. The summed E-state index contributed by atoms with van der Waals surface area (Å²) in [5.41, 5.74) is 3.61. The highest BCUT2D eigenvalue weighted by Crippen LogP contribution is 2.15. The second-order valence-corrected chi connectivity index (χ2v) is 9.59. The Kier molecular flexibility index (Phi) is 16.7. The van der Waals surface area contributed by atoms with Crippen LogP contribution in [0.1, 0.15) is 72.2 Å². The highest BCUT2D eigenvalue weighted by atomic mass is 19.2. The van der Waals surface area contributed by atoms with Gasteiger partial charge in [-0.2, -0.15) is 0 Å². The molecule has 4 aromatic rings. The van der Waals surface area contributed by atoms with E-state index in [4.69, 9.17) is 0 Å². The zero-order chi connectivity index (χ0) is 34.8. The normalized spacial score (nSPS) is 8.83. The molecule has 0 heterocycles. The lowest BCUT2D eigenvalue weighted by Crippen LogP contribution is -1.92. The van der Waals surface area contributed by atoms with Gasteiger partial charge in [-0.15, -0.1) is 23.7 Å². The van der Waals surface area contributed by atoms with Crippen LogP contribution < -0.4 is 0 Å². The van der Waals surface area contributed by atoms with Crippen molar-refractivity contribution in [2.75, 3.05) is 0 Å². The van der Waals surface area contributed by atoms with Gasteiger partial charge in [-0.3, -0.25) is 0 Å². The lowest BCUT2D eigenvalue weighted by molar-refractivity contribution is 0.501. The van der Waals surface area contributed by atoms with Gasteiger partial charge in [0.15, 0.2) is 11.6 Å². The van der Waals surface area contributed by atoms with Gasteiger partial charge in [0.1, 0.15) is 23.3 Å². The molecule has 0 amide bonds. The molecule has 236 valence electrons. The van der Waals surface area contributed by atoms with E-state index in [0.717, 1.165) is 5.56 Å². The molecule has 0 aliphatic rings. The quantitative estimate of drug-likeness (QED) is 0.134. The van der Waals surface area contributed by atoms with E-state index in [1.807, 2.05) is 19.1 Å². The topological polar surface area (TPSA) is 0 Å². The molecule has 0 saturated heterocycles. The van der Waals surface area contributed by atoms with Crippen LogP contribution in [-0.2, 0) is 0 Å². The lowest BCUT2D eigenvalue weighted by Gasteiger charge is -1.98. The summed E-state index contributed by atoms with van der Waals surface area (Å²) in [6.07, 6.45) is 0. The summed E-state index contributed by atoms with van der Waals surface area (Å²) in [4.78, 5) is 0. The molecule has 4 rings (SSSR count). The van der Waals surface area contributed by atoms with Gasteiger partial charge in [0, 0.05) is 16.7 Å². The molecule has 4 aromatic carbocycles. The molecule has 0 nitrogen and oxygen atoms in total. The van der Waals surface area contributed by atoms with Crippen LogP contribution >= 0.6 is 0 Å². The Hall–Kier alpha value is -5.30. The molecule has 0 spiro atoms. The monoisotopic (exact) mass is 628 g/mol. The number of hydrogen-bond acceptors (Lipinski definition) is 0. The minimum absolute atomic E-state index is 0.0386. The summed E-state index contributed by atoms with van der Waals surface area (Å²) in [6.45, 7) is 13.2. The molecule has 46 heavy (non-hydrogen) atoms. The van der Waals surface area contributed by atoms with Gasteiger partial charge in [-0.1, -0.05) is 47.4 Å². The third kappa shape index (κ3) is 12.7.